The molecule has 376 valence electrons. The molecular formula is C58H76O10Si2. The van der Waals surface area contributed by atoms with E-state index in [2.05, 4.69) is 177 Å². The number of carbonyl (C=O) groups excluding carboxylic acids is 1. The van der Waals surface area contributed by atoms with Crippen molar-refractivity contribution in [1.29, 1.82) is 0 Å². The lowest BCUT2D eigenvalue weighted by atomic mass is 9.41. The third kappa shape index (κ3) is 8.03. The highest BCUT2D eigenvalue weighted by molar-refractivity contribution is 7.00. The van der Waals surface area contributed by atoms with Crippen LogP contribution in [0.1, 0.15) is 74.7 Å². The maximum atomic E-state index is 16.2. The number of allylic oxidation sites excluding steroid dienone is 1. The molecule has 0 unspecified atom stereocenters. The Morgan fingerprint density at radius 3 is 1.59 bits per heavy atom. The maximum absolute atomic E-state index is 16.2. The predicted octanol–water partition coefficient (Wildman–Crippen LogP) is 8.20. The summed E-state index contributed by atoms with van der Waals surface area (Å²) in [5.74, 6) is -1.78. The number of hydrogen-bond acceptors (Lipinski definition) is 10. The molecule has 0 amide bonds. The van der Waals surface area contributed by atoms with Crippen molar-refractivity contribution in [2.24, 2.45) is 28.6 Å². The van der Waals surface area contributed by atoms with Gasteiger partial charge in [-0.25, -0.2) is 0 Å². The molecule has 2 saturated heterocycles. The molecule has 3 aliphatic carbocycles. The lowest BCUT2D eigenvalue weighted by molar-refractivity contribution is -0.279. The van der Waals surface area contributed by atoms with Crippen LogP contribution in [-0.2, 0) is 46.8 Å². The summed E-state index contributed by atoms with van der Waals surface area (Å²) in [5.41, 5.74) is -1.79. The van der Waals surface area contributed by atoms with Crippen molar-refractivity contribution in [3.63, 3.8) is 0 Å². The van der Waals surface area contributed by atoms with E-state index in [1.807, 2.05) is 6.08 Å². The average molecular weight is 989 g/mol. The molecule has 2 bridgehead atoms. The van der Waals surface area contributed by atoms with E-state index in [1.54, 1.807) is 14.2 Å². The first-order chi connectivity index (χ1) is 33.5. The van der Waals surface area contributed by atoms with Crippen LogP contribution in [0.2, 0.25) is 10.1 Å². The van der Waals surface area contributed by atoms with Gasteiger partial charge in [-0.3, -0.25) is 4.79 Å². The van der Waals surface area contributed by atoms with E-state index in [-0.39, 0.29) is 48.6 Å². The lowest BCUT2D eigenvalue weighted by Gasteiger charge is -2.64. The fourth-order valence-electron chi connectivity index (χ4n) is 14.4. The summed E-state index contributed by atoms with van der Waals surface area (Å²) < 4.78 is 62.1. The average Bonchev–Trinajstić information content (AvgIpc) is 3.93. The van der Waals surface area contributed by atoms with Gasteiger partial charge in [0.25, 0.3) is 16.6 Å². The van der Waals surface area contributed by atoms with Crippen molar-refractivity contribution in [3.8, 4) is 0 Å². The van der Waals surface area contributed by atoms with Crippen molar-refractivity contribution in [3.05, 3.63) is 133 Å². The van der Waals surface area contributed by atoms with Gasteiger partial charge in [-0.1, -0.05) is 182 Å². The van der Waals surface area contributed by atoms with Gasteiger partial charge in [-0.2, -0.15) is 0 Å². The molecule has 2 heterocycles. The Morgan fingerprint density at radius 1 is 0.643 bits per heavy atom. The topological polar surface area (TPSA) is 100 Å². The molecule has 2 aliphatic heterocycles. The fourth-order valence-corrected chi connectivity index (χ4v) is 23.5. The molecule has 4 fully saturated rings. The zero-order chi connectivity index (χ0) is 49.6. The summed E-state index contributed by atoms with van der Waals surface area (Å²) in [5, 5.41) is 4.07. The molecule has 8 atom stereocenters. The van der Waals surface area contributed by atoms with Crippen LogP contribution in [0.4, 0.5) is 0 Å². The van der Waals surface area contributed by atoms with Gasteiger partial charge in [0.2, 0.25) is 0 Å². The second kappa shape index (κ2) is 19.7. The Balaban J connectivity index is 1.25. The summed E-state index contributed by atoms with van der Waals surface area (Å²) in [6, 6.07) is 42.9. The van der Waals surface area contributed by atoms with Crippen molar-refractivity contribution in [2.75, 3.05) is 60.8 Å². The van der Waals surface area contributed by atoms with E-state index in [0.29, 0.717) is 39.1 Å². The first-order valence-corrected chi connectivity index (χ1v) is 29.2. The van der Waals surface area contributed by atoms with E-state index in [0.717, 1.165) is 15.9 Å². The highest BCUT2D eigenvalue weighted by atomic mass is 28.4. The molecule has 9 rings (SSSR count). The minimum atomic E-state index is -3.20. The second-order valence-corrected chi connectivity index (χ2v) is 31.3. The summed E-state index contributed by atoms with van der Waals surface area (Å²) in [6.45, 7) is 19.9. The molecule has 5 aliphatic rings. The third-order valence-electron chi connectivity index (χ3n) is 17.3. The summed E-state index contributed by atoms with van der Waals surface area (Å²) in [6.07, 6.45) is 2.41. The Morgan fingerprint density at radius 2 is 1.11 bits per heavy atom. The van der Waals surface area contributed by atoms with E-state index >= 15 is 4.79 Å². The third-order valence-corrected chi connectivity index (χ3v) is 27.3. The predicted molar refractivity (Wildman–Crippen MR) is 278 cm³/mol. The van der Waals surface area contributed by atoms with Gasteiger partial charge in [0.05, 0.1) is 37.9 Å². The number of rotatable bonds is 17. The molecule has 2 saturated carbocycles. The van der Waals surface area contributed by atoms with Gasteiger partial charge in [-0.05, 0) is 55.2 Å². The van der Waals surface area contributed by atoms with Crippen LogP contribution in [0, 0.1) is 28.6 Å². The number of ether oxygens (including phenoxy) is 7. The van der Waals surface area contributed by atoms with Gasteiger partial charge in [-0.15, -0.1) is 0 Å². The number of ketones is 1. The molecule has 0 N–H and O–H groups in total. The van der Waals surface area contributed by atoms with Crippen LogP contribution in [0.15, 0.2) is 133 Å². The Hall–Kier alpha value is -3.64. The van der Waals surface area contributed by atoms with Crippen LogP contribution in [0.3, 0.4) is 0 Å². The van der Waals surface area contributed by atoms with Gasteiger partial charge in [0.15, 0.2) is 11.6 Å². The summed E-state index contributed by atoms with van der Waals surface area (Å²) in [4.78, 5) is 16.2. The molecule has 0 radical (unpaired) electrons. The van der Waals surface area contributed by atoms with E-state index in [1.165, 1.54) is 10.4 Å². The molecule has 4 aromatic carbocycles. The Kier molecular flexibility index (Phi) is 14.4. The Bertz CT molecular complexity index is 2360. The second-order valence-electron chi connectivity index (χ2n) is 22.7. The Labute approximate surface area is 418 Å². The zero-order valence-corrected chi connectivity index (χ0v) is 45.2. The lowest BCUT2D eigenvalue weighted by Crippen LogP contribution is -2.75. The number of carbonyl (C=O) groups is 1. The van der Waals surface area contributed by atoms with E-state index < -0.39 is 62.9 Å². The zero-order valence-electron chi connectivity index (χ0n) is 43.2. The standard InChI is InChI=1S/C58H76O10Si2/c1-42-47-37-49(59)56-38-66-57(39-68-70(54(5,6)7,45-27-19-13-20-28-45)46-29-21-14-22-30-46,48(56)31-34-67-69(53(2,3)4,43-23-15-11-16-24-43)44-25-17-12-18-26-44)52(63-41-61-10)50(62-40-60-9)51(56)55(47,8)32-33-58(42)64-35-36-65-58/h11-30,37,42,48,50-52H,31-36,38-41H2,1-10H3/t42-,48+,50+,51+,52-,55-,56+,57-/m0/s1. The van der Waals surface area contributed by atoms with Gasteiger partial charge < -0.3 is 42.0 Å². The van der Waals surface area contributed by atoms with Crippen LogP contribution in [0.25, 0.3) is 0 Å². The van der Waals surface area contributed by atoms with Crippen LogP contribution in [-0.4, -0.2) is 107 Å². The van der Waals surface area contributed by atoms with Crippen molar-refractivity contribution < 1.29 is 46.8 Å². The van der Waals surface area contributed by atoms with Gasteiger partial charge in [0.1, 0.15) is 25.3 Å². The monoisotopic (exact) mass is 988 g/mol. The highest BCUT2D eigenvalue weighted by Gasteiger charge is 2.79. The molecule has 4 aromatic rings. The highest BCUT2D eigenvalue weighted by Crippen LogP contribution is 2.71. The molecule has 12 heteroatoms. The van der Waals surface area contributed by atoms with Crippen molar-refractivity contribution in [1.82, 2.24) is 0 Å². The minimum Gasteiger partial charge on any atom is -0.407 e. The van der Waals surface area contributed by atoms with Crippen LogP contribution in [0.5, 0.6) is 0 Å². The quantitative estimate of drug-likeness (QED) is 0.0761. The molecular weight excluding hydrogens is 913 g/mol. The van der Waals surface area contributed by atoms with Crippen molar-refractivity contribution >= 4 is 43.2 Å². The summed E-state index contributed by atoms with van der Waals surface area (Å²) >= 11 is 0. The van der Waals surface area contributed by atoms with Crippen LogP contribution >= 0.6 is 0 Å². The van der Waals surface area contributed by atoms with Crippen molar-refractivity contribution in [2.45, 2.75) is 108 Å². The molecule has 70 heavy (non-hydrogen) atoms. The minimum absolute atomic E-state index is 0.00754. The number of benzene rings is 4. The molecule has 0 aromatic heterocycles. The van der Waals surface area contributed by atoms with Gasteiger partial charge >= 0.3 is 0 Å². The maximum Gasteiger partial charge on any atom is 0.261 e. The van der Waals surface area contributed by atoms with E-state index in [9.17, 15) is 0 Å². The number of fused-ring (bicyclic) bond motifs is 3. The first-order valence-electron chi connectivity index (χ1n) is 25.4. The van der Waals surface area contributed by atoms with E-state index in [4.69, 9.17) is 42.0 Å². The number of hydrogen-bond donors (Lipinski definition) is 0. The molecule has 10 nitrogen and oxygen atoms in total. The SMILES string of the molecule is COCO[C@H]1[C@H](OCOC)[C@@]2(CO[Si](c3ccccc3)(c3ccccc3)C(C)(C)C)OC[C@]3(C(=O)C=C4[C@H](C)C5(CC[C@]4(C)[C@@H]13)OCCO5)[C@H]2CCO[Si](c1ccccc1)(c1ccccc1)C(C)(C)C. The first kappa shape index (κ1) is 51.3. The fraction of sp³-hybridized carbons (Fsp3) is 0.534. The smallest absolute Gasteiger partial charge is 0.261 e. The largest absolute Gasteiger partial charge is 0.407 e. The summed E-state index contributed by atoms with van der Waals surface area (Å²) in [7, 11) is -2.95. The molecule has 2 spiro atoms. The normalized spacial score (nSPS) is 29.7. The van der Waals surface area contributed by atoms with Crippen LogP contribution < -0.4 is 20.7 Å². The van der Waals surface area contributed by atoms with Gasteiger partial charge in [0, 0.05) is 45.0 Å². The number of methoxy groups -OCH3 is 2.